The highest BCUT2D eigenvalue weighted by atomic mass is 16.5. The summed E-state index contributed by atoms with van der Waals surface area (Å²) in [5.41, 5.74) is 1.13. The van der Waals surface area contributed by atoms with E-state index in [9.17, 15) is 5.11 Å². The Morgan fingerprint density at radius 1 is 1.12 bits per heavy atom. The third-order valence-electron chi connectivity index (χ3n) is 2.47. The van der Waals surface area contributed by atoms with Crippen LogP contribution in [-0.2, 0) is 11.2 Å². The molecule has 0 amide bonds. The van der Waals surface area contributed by atoms with Gasteiger partial charge in [0.05, 0.1) is 12.7 Å². The molecular weight excluding hydrogens is 216 g/mol. The fourth-order valence-corrected chi connectivity index (χ4v) is 1.60. The molecule has 0 bridgehead atoms. The monoisotopic (exact) mass is 238 g/mol. The van der Waals surface area contributed by atoms with Crippen molar-refractivity contribution in [2.24, 2.45) is 0 Å². The highest BCUT2D eigenvalue weighted by Gasteiger charge is 1.99. The maximum Gasteiger partial charge on any atom is 0.119 e. The van der Waals surface area contributed by atoms with Gasteiger partial charge in [0.1, 0.15) is 5.75 Å². The molecule has 0 radical (unpaired) electrons. The number of hydrogen-bond acceptors (Lipinski definition) is 3. The van der Waals surface area contributed by atoms with Crippen LogP contribution in [0.5, 0.6) is 5.75 Å². The van der Waals surface area contributed by atoms with Gasteiger partial charge in [-0.3, -0.25) is 0 Å². The van der Waals surface area contributed by atoms with E-state index in [0.717, 1.165) is 37.4 Å². The Morgan fingerprint density at radius 2 is 1.76 bits per heavy atom. The van der Waals surface area contributed by atoms with Gasteiger partial charge in [-0.15, -0.1) is 0 Å². The van der Waals surface area contributed by atoms with Crippen molar-refractivity contribution in [2.45, 2.75) is 32.3 Å². The first kappa shape index (κ1) is 14.0. The summed E-state index contributed by atoms with van der Waals surface area (Å²) in [6.07, 6.45) is 2.42. The highest BCUT2D eigenvalue weighted by molar-refractivity contribution is 5.27. The Hall–Kier alpha value is -1.06. The number of rotatable bonds is 8. The van der Waals surface area contributed by atoms with Crippen molar-refractivity contribution in [3.8, 4) is 5.75 Å². The molecule has 0 spiro atoms. The van der Waals surface area contributed by atoms with Gasteiger partial charge in [0, 0.05) is 13.7 Å². The topological polar surface area (TPSA) is 38.7 Å². The van der Waals surface area contributed by atoms with Gasteiger partial charge in [-0.1, -0.05) is 12.1 Å². The zero-order chi connectivity index (χ0) is 12.5. The highest BCUT2D eigenvalue weighted by Crippen LogP contribution is 2.13. The molecule has 0 aromatic heterocycles. The normalized spacial score (nSPS) is 12.4. The predicted octanol–water partition coefficient (Wildman–Crippen LogP) is 2.42. The minimum atomic E-state index is -0.296. The van der Waals surface area contributed by atoms with Crippen LogP contribution in [0, 0.1) is 0 Å². The molecule has 1 rings (SSSR count). The second-order valence-corrected chi connectivity index (χ2v) is 4.25. The number of methoxy groups -OCH3 is 1. The molecule has 0 saturated heterocycles. The molecule has 1 aromatic rings. The number of aliphatic hydroxyl groups is 1. The standard InChI is InChI=1S/C14H22O3/c1-12(15)11-13-5-7-14(8-6-13)17-10-4-3-9-16-2/h5-8,12,15H,3-4,9-11H2,1-2H3. The number of unbranched alkanes of at least 4 members (excludes halogenated alkanes) is 1. The maximum atomic E-state index is 9.26. The first-order chi connectivity index (χ1) is 8.22. The van der Waals surface area contributed by atoms with Crippen molar-refractivity contribution >= 4 is 0 Å². The second-order valence-electron chi connectivity index (χ2n) is 4.25. The van der Waals surface area contributed by atoms with Gasteiger partial charge < -0.3 is 14.6 Å². The van der Waals surface area contributed by atoms with Gasteiger partial charge >= 0.3 is 0 Å². The largest absolute Gasteiger partial charge is 0.494 e. The molecule has 0 aliphatic rings. The Morgan fingerprint density at radius 3 is 2.35 bits per heavy atom. The summed E-state index contributed by atoms with van der Waals surface area (Å²) < 4.78 is 10.6. The fraction of sp³-hybridized carbons (Fsp3) is 0.571. The molecule has 1 unspecified atom stereocenters. The number of aliphatic hydroxyl groups excluding tert-OH is 1. The lowest BCUT2D eigenvalue weighted by molar-refractivity contribution is 0.184. The van der Waals surface area contributed by atoms with Crippen LogP contribution in [0.4, 0.5) is 0 Å². The van der Waals surface area contributed by atoms with E-state index in [1.807, 2.05) is 24.3 Å². The Labute approximate surface area is 103 Å². The first-order valence-electron chi connectivity index (χ1n) is 6.11. The van der Waals surface area contributed by atoms with E-state index >= 15 is 0 Å². The summed E-state index contributed by atoms with van der Waals surface area (Å²) in [7, 11) is 1.71. The van der Waals surface area contributed by atoms with Gasteiger partial charge in [0.15, 0.2) is 0 Å². The Bertz CT molecular complexity index is 293. The average Bonchev–Trinajstić information content (AvgIpc) is 2.30. The molecule has 96 valence electrons. The van der Waals surface area contributed by atoms with Crippen LogP contribution in [0.25, 0.3) is 0 Å². The van der Waals surface area contributed by atoms with E-state index in [4.69, 9.17) is 9.47 Å². The van der Waals surface area contributed by atoms with Crippen molar-refractivity contribution in [1.82, 2.24) is 0 Å². The average molecular weight is 238 g/mol. The lowest BCUT2D eigenvalue weighted by Gasteiger charge is -2.08. The van der Waals surface area contributed by atoms with Crippen LogP contribution in [-0.4, -0.2) is 31.5 Å². The lowest BCUT2D eigenvalue weighted by atomic mass is 10.1. The molecule has 0 aliphatic heterocycles. The minimum Gasteiger partial charge on any atom is -0.494 e. The quantitative estimate of drug-likeness (QED) is 0.707. The van der Waals surface area contributed by atoms with E-state index in [0.29, 0.717) is 6.42 Å². The van der Waals surface area contributed by atoms with Crippen molar-refractivity contribution in [2.75, 3.05) is 20.3 Å². The van der Waals surface area contributed by atoms with Gasteiger partial charge in [-0.25, -0.2) is 0 Å². The van der Waals surface area contributed by atoms with Crippen molar-refractivity contribution < 1.29 is 14.6 Å². The van der Waals surface area contributed by atoms with Gasteiger partial charge in [0.25, 0.3) is 0 Å². The molecular formula is C14H22O3. The van der Waals surface area contributed by atoms with E-state index in [2.05, 4.69) is 0 Å². The van der Waals surface area contributed by atoms with Crippen LogP contribution in [0.2, 0.25) is 0 Å². The summed E-state index contributed by atoms with van der Waals surface area (Å²) in [5.74, 6) is 0.886. The molecule has 3 heteroatoms. The molecule has 0 fully saturated rings. The zero-order valence-electron chi connectivity index (χ0n) is 10.7. The van der Waals surface area contributed by atoms with Crippen molar-refractivity contribution in [1.29, 1.82) is 0 Å². The van der Waals surface area contributed by atoms with Crippen LogP contribution >= 0.6 is 0 Å². The van der Waals surface area contributed by atoms with Gasteiger partial charge in [0.2, 0.25) is 0 Å². The fourth-order valence-electron chi connectivity index (χ4n) is 1.60. The summed E-state index contributed by atoms with van der Waals surface area (Å²) in [5, 5.41) is 9.26. The van der Waals surface area contributed by atoms with Crippen LogP contribution in [0.3, 0.4) is 0 Å². The van der Waals surface area contributed by atoms with Crippen LogP contribution < -0.4 is 4.74 Å². The third kappa shape index (κ3) is 6.29. The molecule has 17 heavy (non-hydrogen) atoms. The first-order valence-corrected chi connectivity index (χ1v) is 6.11. The summed E-state index contributed by atoms with van der Waals surface area (Å²) in [4.78, 5) is 0. The minimum absolute atomic E-state index is 0.296. The van der Waals surface area contributed by atoms with E-state index < -0.39 is 0 Å². The number of hydrogen-bond donors (Lipinski definition) is 1. The Balaban J connectivity index is 2.25. The molecule has 0 heterocycles. The van der Waals surface area contributed by atoms with Gasteiger partial charge in [-0.2, -0.15) is 0 Å². The predicted molar refractivity (Wildman–Crippen MR) is 68.4 cm³/mol. The van der Waals surface area contributed by atoms with Crippen LogP contribution in [0.15, 0.2) is 24.3 Å². The smallest absolute Gasteiger partial charge is 0.119 e. The zero-order valence-corrected chi connectivity index (χ0v) is 10.7. The maximum absolute atomic E-state index is 9.26. The van der Waals surface area contributed by atoms with E-state index in [-0.39, 0.29) is 6.10 Å². The molecule has 0 saturated carbocycles. The van der Waals surface area contributed by atoms with E-state index in [1.54, 1.807) is 14.0 Å². The molecule has 3 nitrogen and oxygen atoms in total. The SMILES string of the molecule is COCCCCOc1ccc(CC(C)O)cc1. The number of benzene rings is 1. The molecule has 1 aromatic carbocycles. The summed E-state index contributed by atoms with van der Waals surface area (Å²) in [6, 6.07) is 7.90. The van der Waals surface area contributed by atoms with Crippen LogP contribution in [0.1, 0.15) is 25.3 Å². The summed E-state index contributed by atoms with van der Waals surface area (Å²) in [6.45, 7) is 3.30. The molecule has 0 aliphatic carbocycles. The lowest BCUT2D eigenvalue weighted by Crippen LogP contribution is -2.04. The number of ether oxygens (including phenoxy) is 2. The second kappa shape index (κ2) is 8.09. The van der Waals surface area contributed by atoms with E-state index in [1.165, 1.54) is 0 Å². The van der Waals surface area contributed by atoms with Crippen molar-refractivity contribution in [3.63, 3.8) is 0 Å². The molecule has 1 N–H and O–H groups in total. The van der Waals surface area contributed by atoms with Gasteiger partial charge in [-0.05, 0) is 43.9 Å². The Kier molecular flexibility index (Phi) is 6.67. The third-order valence-corrected chi connectivity index (χ3v) is 2.47. The van der Waals surface area contributed by atoms with Crippen molar-refractivity contribution in [3.05, 3.63) is 29.8 Å². The summed E-state index contributed by atoms with van der Waals surface area (Å²) >= 11 is 0. The molecule has 1 atom stereocenters.